The molecule has 0 saturated carbocycles. The number of hydrogen-bond acceptors (Lipinski definition) is 3. The Morgan fingerprint density at radius 2 is 1.82 bits per heavy atom. The van der Waals surface area contributed by atoms with Crippen LogP contribution >= 0.6 is 11.3 Å². The Labute approximate surface area is 166 Å². The van der Waals surface area contributed by atoms with Crippen molar-refractivity contribution in [3.05, 3.63) is 93.2 Å². The molecule has 0 bridgehead atoms. The van der Waals surface area contributed by atoms with Gasteiger partial charge in [-0.2, -0.15) is 11.3 Å². The van der Waals surface area contributed by atoms with Crippen LogP contribution in [-0.4, -0.2) is 23.9 Å². The Bertz CT molecular complexity index is 954. The van der Waals surface area contributed by atoms with Gasteiger partial charge >= 0.3 is 0 Å². The van der Waals surface area contributed by atoms with Gasteiger partial charge in [0.15, 0.2) is 0 Å². The molecule has 1 aromatic heterocycles. The Balaban J connectivity index is 1.53. The number of nitrogens with one attached hydrogen (secondary N) is 1. The van der Waals surface area contributed by atoms with Crippen LogP contribution in [0.5, 0.6) is 0 Å². The standard InChI is InChI=1S/C22H20F2N2OS/c23-18-6-3-7-19(24)21(18)22(27)25-12-20(17-9-11-28-14-17)26-10-8-15-4-1-2-5-16(15)13-26/h1-7,9,11,14,20H,8,10,12-13H2,(H,25,27)/t20-/m1/s1. The summed E-state index contributed by atoms with van der Waals surface area (Å²) in [4.78, 5) is 14.7. The molecule has 3 aromatic rings. The summed E-state index contributed by atoms with van der Waals surface area (Å²) in [6.07, 6.45) is 0.937. The number of amides is 1. The zero-order valence-corrected chi connectivity index (χ0v) is 16.0. The average molecular weight is 398 g/mol. The van der Waals surface area contributed by atoms with E-state index in [9.17, 15) is 13.6 Å². The van der Waals surface area contributed by atoms with Crippen molar-refractivity contribution >= 4 is 17.2 Å². The van der Waals surface area contributed by atoms with Crippen molar-refractivity contribution in [3.63, 3.8) is 0 Å². The normalized spacial score (nSPS) is 15.1. The van der Waals surface area contributed by atoms with E-state index in [2.05, 4.69) is 27.7 Å². The maximum Gasteiger partial charge on any atom is 0.257 e. The van der Waals surface area contributed by atoms with Gasteiger partial charge in [0.1, 0.15) is 17.2 Å². The van der Waals surface area contributed by atoms with Crippen LogP contribution in [0.2, 0.25) is 0 Å². The molecule has 1 aliphatic heterocycles. The molecule has 0 spiro atoms. The van der Waals surface area contributed by atoms with E-state index in [4.69, 9.17) is 0 Å². The summed E-state index contributed by atoms with van der Waals surface area (Å²) in [5.41, 5.74) is 3.19. The molecule has 1 atom stereocenters. The lowest BCUT2D eigenvalue weighted by Gasteiger charge is -2.35. The van der Waals surface area contributed by atoms with Gasteiger partial charge in [0.05, 0.1) is 6.04 Å². The van der Waals surface area contributed by atoms with E-state index >= 15 is 0 Å². The van der Waals surface area contributed by atoms with E-state index in [1.807, 2.05) is 23.6 Å². The Hall–Kier alpha value is -2.57. The van der Waals surface area contributed by atoms with Crippen LogP contribution in [0.25, 0.3) is 0 Å². The first-order chi connectivity index (χ1) is 13.6. The van der Waals surface area contributed by atoms with Crippen LogP contribution < -0.4 is 5.32 Å². The first-order valence-electron chi connectivity index (χ1n) is 9.18. The smallest absolute Gasteiger partial charge is 0.257 e. The largest absolute Gasteiger partial charge is 0.350 e. The monoisotopic (exact) mass is 398 g/mol. The third kappa shape index (κ3) is 3.84. The van der Waals surface area contributed by atoms with E-state index < -0.39 is 23.1 Å². The Kier molecular flexibility index (Phi) is 5.50. The highest BCUT2D eigenvalue weighted by Crippen LogP contribution is 2.29. The Morgan fingerprint density at radius 1 is 1.07 bits per heavy atom. The van der Waals surface area contributed by atoms with E-state index in [1.54, 1.807) is 11.3 Å². The van der Waals surface area contributed by atoms with E-state index in [0.29, 0.717) is 0 Å². The summed E-state index contributed by atoms with van der Waals surface area (Å²) in [6, 6.07) is 13.8. The first kappa shape index (κ1) is 18.8. The van der Waals surface area contributed by atoms with E-state index in [0.717, 1.165) is 37.2 Å². The maximum atomic E-state index is 13.9. The van der Waals surface area contributed by atoms with E-state index in [-0.39, 0.29) is 12.6 Å². The summed E-state index contributed by atoms with van der Waals surface area (Å²) in [5.74, 6) is -2.43. The quantitative estimate of drug-likeness (QED) is 0.684. The number of carbonyl (C=O) groups excluding carboxylic acids is 1. The summed E-state index contributed by atoms with van der Waals surface area (Å²) < 4.78 is 27.8. The van der Waals surface area contributed by atoms with Gasteiger partial charge in [-0.25, -0.2) is 8.78 Å². The number of benzene rings is 2. The second-order valence-corrected chi connectivity index (χ2v) is 7.65. The van der Waals surface area contributed by atoms with Gasteiger partial charge in [-0.1, -0.05) is 30.3 Å². The van der Waals surface area contributed by atoms with Crippen LogP contribution in [0, 0.1) is 11.6 Å². The lowest BCUT2D eigenvalue weighted by atomic mass is 9.97. The summed E-state index contributed by atoms with van der Waals surface area (Å²) >= 11 is 1.59. The fraction of sp³-hybridized carbons (Fsp3) is 0.227. The van der Waals surface area contributed by atoms with Gasteiger partial charge in [-0.15, -0.1) is 0 Å². The molecule has 1 aliphatic rings. The van der Waals surface area contributed by atoms with Crippen molar-refractivity contribution < 1.29 is 13.6 Å². The summed E-state index contributed by atoms with van der Waals surface area (Å²) in [6.45, 7) is 1.92. The Morgan fingerprint density at radius 3 is 2.54 bits per heavy atom. The van der Waals surface area contributed by atoms with Gasteiger partial charge in [0, 0.05) is 19.6 Å². The van der Waals surface area contributed by atoms with Crippen LogP contribution in [0.4, 0.5) is 8.78 Å². The minimum Gasteiger partial charge on any atom is -0.350 e. The van der Waals surface area contributed by atoms with Gasteiger partial charge in [0.2, 0.25) is 0 Å². The van der Waals surface area contributed by atoms with E-state index in [1.165, 1.54) is 17.2 Å². The molecule has 28 heavy (non-hydrogen) atoms. The van der Waals surface area contributed by atoms with Crippen LogP contribution in [0.15, 0.2) is 59.3 Å². The number of hydrogen-bond donors (Lipinski definition) is 1. The molecule has 0 unspecified atom stereocenters. The minimum absolute atomic E-state index is 0.0570. The van der Waals surface area contributed by atoms with Crippen molar-refractivity contribution in [2.75, 3.05) is 13.1 Å². The van der Waals surface area contributed by atoms with Gasteiger partial charge in [0.25, 0.3) is 5.91 Å². The van der Waals surface area contributed by atoms with Crippen molar-refractivity contribution in [2.45, 2.75) is 19.0 Å². The number of fused-ring (bicyclic) bond motifs is 1. The highest BCUT2D eigenvalue weighted by Gasteiger charge is 2.26. The number of thiophene rings is 1. The van der Waals surface area contributed by atoms with Crippen LogP contribution in [-0.2, 0) is 13.0 Å². The highest BCUT2D eigenvalue weighted by atomic mass is 32.1. The van der Waals surface area contributed by atoms with Crippen molar-refractivity contribution in [1.29, 1.82) is 0 Å². The second kappa shape index (κ2) is 8.20. The summed E-state index contributed by atoms with van der Waals surface area (Å²) in [5, 5.41) is 6.79. The molecule has 6 heteroatoms. The third-order valence-electron chi connectivity index (χ3n) is 5.17. The first-order valence-corrected chi connectivity index (χ1v) is 10.1. The molecule has 0 radical (unpaired) electrons. The molecule has 3 nitrogen and oxygen atoms in total. The van der Waals surface area contributed by atoms with Crippen molar-refractivity contribution in [3.8, 4) is 0 Å². The topological polar surface area (TPSA) is 32.3 Å². The molecular formula is C22H20F2N2OS. The zero-order chi connectivity index (χ0) is 19.5. The van der Waals surface area contributed by atoms with Crippen molar-refractivity contribution in [1.82, 2.24) is 10.2 Å². The highest BCUT2D eigenvalue weighted by molar-refractivity contribution is 7.07. The third-order valence-corrected chi connectivity index (χ3v) is 5.88. The number of carbonyl (C=O) groups is 1. The molecule has 2 aromatic carbocycles. The molecule has 0 saturated heterocycles. The summed E-state index contributed by atoms with van der Waals surface area (Å²) in [7, 11) is 0. The molecule has 1 amide bonds. The number of rotatable bonds is 5. The fourth-order valence-electron chi connectivity index (χ4n) is 3.70. The molecule has 0 fully saturated rings. The zero-order valence-electron chi connectivity index (χ0n) is 15.2. The average Bonchev–Trinajstić information content (AvgIpc) is 3.22. The maximum absolute atomic E-state index is 13.9. The minimum atomic E-state index is -0.850. The molecule has 144 valence electrons. The number of nitrogens with zero attached hydrogens (tertiary/aromatic N) is 1. The molecule has 0 aliphatic carbocycles. The van der Waals surface area contributed by atoms with Crippen molar-refractivity contribution in [2.24, 2.45) is 0 Å². The van der Waals surface area contributed by atoms with Crippen LogP contribution in [0.3, 0.4) is 0 Å². The molecular weight excluding hydrogens is 378 g/mol. The predicted octanol–water partition coefficient (Wildman–Crippen LogP) is 4.56. The lowest BCUT2D eigenvalue weighted by molar-refractivity contribution is 0.0919. The van der Waals surface area contributed by atoms with Gasteiger partial charge in [-0.3, -0.25) is 9.69 Å². The SMILES string of the molecule is O=C(NC[C@H](c1ccsc1)N1CCc2ccccc2C1)c1c(F)cccc1F. The second-order valence-electron chi connectivity index (χ2n) is 6.87. The van der Waals surface area contributed by atoms with Gasteiger partial charge in [-0.05, 0) is 52.1 Å². The number of halogens is 2. The molecule has 1 N–H and O–H groups in total. The lowest BCUT2D eigenvalue weighted by Crippen LogP contribution is -2.40. The molecule has 2 heterocycles. The predicted molar refractivity (Wildman–Crippen MR) is 106 cm³/mol. The van der Waals surface area contributed by atoms with Gasteiger partial charge < -0.3 is 5.32 Å². The fourth-order valence-corrected chi connectivity index (χ4v) is 4.41. The molecule has 4 rings (SSSR count). The van der Waals surface area contributed by atoms with Crippen LogP contribution in [0.1, 0.15) is 33.1 Å².